The minimum absolute atomic E-state index is 0.0456. The molecule has 1 aromatic carbocycles. The van der Waals surface area contributed by atoms with Crippen LogP contribution in [0.25, 0.3) is 21.8 Å². The molecule has 0 amide bonds. The first kappa shape index (κ1) is 25.0. The molecule has 0 N–H and O–H groups in total. The fourth-order valence-corrected chi connectivity index (χ4v) is 6.35. The van der Waals surface area contributed by atoms with Gasteiger partial charge in [-0.3, -0.25) is 0 Å². The van der Waals surface area contributed by atoms with Gasteiger partial charge >= 0.3 is 26.3 Å². The summed E-state index contributed by atoms with van der Waals surface area (Å²) in [6.45, 7) is 13.6. The van der Waals surface area contributed by atoms with E-state index in [1.807, 2.05) is 0 Å². The molecule has 2 aliphatic carbocycles. The zero-order valence-corrected chi connectivity index (χ0v) is 17.6. The van der Waals surface area contributed by atoms with E-state index in [1.54, 1.807) is 0 Å². The van der Waals surface area contributed by atoms with Crippen molar-refractivity contribution in [2.24, 2.45) is 0 Å². The highest BCUT2D eigenvalue weighted by Gasteiger charge is 2.71. The van der Waals surface area contributed by atoms with Crippen LogP contribution in [-0.2, 0) is 12.8 Å². The van der Waals surface area contributed by atoms with E-state index in [0.29, 0.717) is 0 Å². The van der Waals surface area contributed by atoms with E-state index in [-0.39, 0.29) is 12.2 Å². The standard InChI is InChI=1S/C18H6F10N4S2/c1-31-18(32-2)10-5-14-15(6-10)17(34(24,25,26,27)28)13-4-9(11(7-29)8-30)3-12(13)16(14)33(19,20,21,22)23/h3,6H,4-5H2. The van der Waals surface area contributed by atoms with Gasteiger partial charge in [-0.05, 0) is 29.2 Å². The molecule has 0 unspecified atom stereocenters. The van der Waals surface area contributed by atoms with E-state index in [2.05, 4.69) is 9.69 Å². The summed E-state index contributed by atoms with van der Waals surface area (Å²) in [7, 11) is -21.8. The van der Waals surface area contributed by atoms with Crippen LogP contribution in [0.3, 0.4) is 0 Å². The lowest BCUT2D eigenvalue weighted by Crippen LogP contribution is -2.33. The van der Waals surface area contributed by atoms with Crippen molar-refractivity contribution in [2.45, 2.75) is 22.6 Å². The first-order valence-electron chi connectivity index (χ1n) is 8.36. The maximum Gasteiger partial charge on any atom is 0.522 e. The van der Waals surface area contributed by atoms with Gasteiger partial charge in [0, 0.05) is 16.9 Å². The maximum absolute atomic E-state index is 14.1. The highest BCUT2D eigenvalue weighted by atomic mass is 32.5. The van der Waals surface area contributed by atoms with Crippen LogP contribution in [0.5, 0.6) is 0 Å². The molecule has 3 rings (SSSR count). The molecule has 0 fully saturated rings. The molecule has 16 heteroatoms. The normalized spacial score (nSPS) is 18.6. The van der Waals surface area contributed by atoms with Crippen LogP contribution in [0.4, 0.5) is 38.9 Å². The first-order chi connectivity index (χ1) is 14.9. The number of nitrogens with zero attached hydrogens (tertiary/aromatic N) is 4. The highest BCUT2D eigenvalue weighted by molar-refractivity contribution is 8.46. The van der Waals surface area contributed by atoms with Crippen LogP contribution in [0.15, 0.2) is 32.3 Å². The van der Waals surface area contributed by atoms with E-state index in [0.717, 1.165) is 12.1 Å². The first-order valence-corrected chi connectivity index (χ1v) is 12.3. The van der Waals surface area contributed by atoms with Crippen molar-refractivity contribution in [1.82, 2.24) is 0 Å². The second-order valence-electron chi connectivity index (χ2n) is 7.22. The number of benzene rings is 1. The predicted octanol–water partition coefficient (Wildman–Crippen LogP) is 7.07. The number of allylic oxidation sites excluding steroid dienone is 3. The third-order valence-corrected chi connectivity index (χ3v) is 7.35. The summed E-state index contributed by atoms with van der Waals surface area (Å²) in [6, 6.07) is 2.33. The second-order valence-corrected chi connectivity index (χ2v) is 11.9. The Morgan fingerprint density at radius 2 is 1.06 bits per heavy atom. The fourth-order valence-electron chi connectivity index (χ4n) is 3.85. The Hall–Kier alpha value is -3.60. The molecular weight excluding hydrogens is 526 g/mol. The molecule has 0 atom stereocenters. The van der Waals surface area contributed by atoms with Crippen LogP contribution >= 0.6 is 20.4 Å². The third-order valence-electron chi connectivity index (χ3n) is 4.87. The van der Waals surface area contributed by atoms with Crippen LogP contribution in [0.2, 0.25) is 0 Å². The highest BCUT2D eigenvalue weighted by Crippen LogP contribution is 3.03. The van der Waals surface area contributed by atoms with Crippen molar-refractivity contribution in [1.29, 1.82) is 10.5 Å². The predicted molar refractivity (Wildman–Crippen MR) is 103 cm³/mol. The lowest BCUT2D eigenvalue weighted by atomic mass is 10.0. The van der Waals surface area contributed by atoms with Crippen LogP contribution < -0.4 is 10.4 Å². The van der Waals surface area contributed by atoms with Gasteiger partial charge in [-0.25, -0.2) is 0 Å². The van der Waals surface area contributed by atoms with Gasteiger partial charge in [-0.1, -0.05) is 44.9 Å². The van der Waals surface area contributed by atoms with Gasteiger partial charge in [0.05, 0.1) is 5.57 Å². The summed E-state index contributed by atoms with van der Waals surface area (Å²) in [5, 5.41) is 13.9. The monoisotopic (exact) mass is 532 g/mol. The Labute approximate surface area is 184 Å². The van der Waals surface area contributed by atoms with Gasteiger partial charge in [-0.15, -0.1) is 0 Å². The van der Waals surface area contributed by atoms with Crippen molar-refractivity contribution in [3.63, 3.8) is 0 Å². The summed E-state index contributed by atoms with van der Waals surface area (Å²) < 4.78 is 141. The zero-order chi connectivity index (χ0) is 26.2. The van der Waals surface area contributed by atoms with Gasteiger partial charge in [0.25, 0.3) is 0 Å². The van der Waals surface area contributed by atoms with Crippen molar-refractivity contribution in [2.75, 3.05) is 0 Å². The summed E-state index contributed by atoms with van der Waals surface area (Å²) in [4.78, 5) is -0.576. The van der Waals surface area contributed by atoms with Crippen molar-refractivity contribution >= 4 is 32.6 Å². The van der Waals surface area contributed by atoms with E-state index in [1.165, 1.54) is 0 Å². The SMILES string of the molecule is [C-]#[N+]C([N+]#[C-])=C1C=c2c(c(S(F)(F)(F)(F)F)c3c(c2S(F)(F)(F)(F)F)CC(=C(C#N)C#N)C=3)C1. The molecule has 0 aromatic heterocycles. The topological polar surface area (TPSA) is 56.3 Å². The molecule has 0 aliphatic heterocycles. The Morgan fingerprint density at radius 3 is 1.38 bits per heavy atom. The van der Waals surface area contributed by atoms with E-state index >= 15 is 0 Å². The molecule has 2 aliphatic rings. The number of fused-ring (bicyclic) bond motifs is 2. The molecule has 0 saturated heterocycles. The fraction of sp³-hybridized carbons (Fsp3) is 0.111. The van der Waals surface area contributed by atoms with E-state index in [9.17, 15) is 38.9 Å². The van der Waals surface area contributed by atoms with Crippen LogP contribution in [-0.4, -0.2) is 0 Å². The number of nitriles is 2. The lowest BCUT2D eigenvalue weighted by molar-refractivity contribution is 0.352. The van der Waals surface area contributed by atoms with Crippen molar-refractivity contribution in [3.05, 3.63) is 66.9 Å². The summed E-state index contributed by atoms with van der Waals surface area (Å²) >= 11 is 0. The van der Waals surface area contributed by atoms with Crippen LogP contribution in [0, 0.1) is 35.8 Å². The summed E-state index contributed by atoms with van der Waals surface area (Å²) in [6.07, 6.45) is -2.85. The number of rotatable bonds is 2. The molecule has 1 aromatic rings. The van der Waals surface area contributed by atoms with Crippen molar-refractivity contribution in [3.8, 4) is 12.1 Å². The number of hydrogen-bond donors (Lipinski definition) is 0. The maximum atomic E-state index is 14.1. The van der Waals surface area contributed by atoms with Gasteiger partial charge in [0.1, 0.15) is 40.6 Å². The minimum Gasteiger partial charge on any atom is -0.192 e. The molecule has 180 valence electrons. The Bertz CT molecular complexity index is 1430. The van der Waals surface area contributed by atoms with E-state index in [4.69, 9.17) is 23.7 Å². The quantitative estimate of drug-likeness (QED) is 0.233. The molecular formula is C18H6F10N4S2. The van der Waals surface area contributed by atoms with Crippen molar-refractivity contribution < 1.29 is 38.9 Å². The van der Waals surface area contributed by atoms with Gasteiger partial charge < -0.3 is 0 Å². The average Bonchev–Trinajstić information content (AvgIpc) is 3.20. The minimum atomic E-state index is -10.9. The second kappa shape index (κ2) is 5.72. The van der Waals surface area contributed by atoms with Crippen LogP contribution in [0.1, 0.15) is 11.1 Å². The summed E-state index contributed by atoms with van der Waals surface area (Å²) in [5.41, 5.74) is -6.54. The smallest absolute Gasteiger partial charge is 0.192 e. The average molecular weight is 532 g/mol. The Morgan fingerprint density at radius 1 is 0.706 bits per heavy atom. The zero-order valence-electron chi connectivity index (χ0n) is 16.0. The molecule has 0 spiro atoms. The van der Waals surface area contributed by atoms with E-state index < -0.39 is 87.2 Å². The number of halogens is 10. The van der Waals surface area contributed by atoms with Gasteiger partial charge in [-0.2, -0.15) is 20.2 Å². The largest absolute Gasteiger partial charge is 0.522 e. The molecule has 4 nitrogen and oxygen atoms in total. The molecule has 0 radical (unpaired) electrons. The Kier molecular flexibility index (Phi) is 4.21. The van der Waals surface area contributed by atoms with Gasteiger partial charge in [0.15, 0.2) is 0 Å². The molecule has 34 heavy (non-hydrogen) atoms. The summed E-state index contributed by atoms with van der Waals surface area (Å²) in [5.74, 6) is -1.08. The third kappa shape index (κ3) is 4.07. The molecule has 0 heterocycles. The molecule has 0 saturated carbocycles. The van der Waals surface area contributed by atoms with Gasteiger partial charge in [0.2, 0.25) is 0 Å². The number of hydrogen-bond acceptors (Lipinski definition) is 2. The Balaban J connectivity index is 2.79. The molecule has 0 bridgehead atoms. The lowest BCUT2D eigenvalue weighted by Gasteiger charge is -2.45.